The highest BCUT2D eigenvalue weighted by atomic mass is 79.9. The number of carbonyl (C=O) groups is 1. The van der Waals surface area contributed by atoms with E-state index in [1.807, 2.05) is 0 Å². The highest BCUT2D eigenvalue weighted by molar-refractivity contribution is 9.08. The molecule has 3 nitrogen and oxygen atoms in total. The monoisotopic (exact) mass is 265 g/mol. The van der Waals surface area contributed by atoms with Gasteiger partial charge in [0.25, 0.3) is 6.43 Å². The third-order valence-electron chi connectivity index (χ3n) is 1.70. The van der Waals surface area contributed by atoms with Crippen LogP contribution in [0.1, 0.15) is 28.0 Å². The van der Waals surface area contributed by atoms with Crippen LogP contribution in [0, 0.1) is 0 Å². The topological polar surface area (TPSA) is 50.2 Å². The molecule has 1 rings (SSSR count). The lowest BCUT2D eigenvalue weighted by atomic mass is 10.1. The van der Waals surface area contributed by atoms with Gasteiger partial charge < -0.3 is 5.11 Å². The van der Waals surface area contributed by atoms with Gasteiger partial charge in [-0.1, -0.05) is 15.9 Å². The minimum Gasteiger partial charge on any atom is -0.506 e. The Labute approximate surface area is 86.9 Å². The summed E-state index contributed by atoms with van der Waals surface area (Å²) in [5.74, 6) is -0.597. The largest absolute Gasteiger partial charge is 0.506 e. The van der Waals surface area contributed by atoms with E-state index in [4.69, 9.17) is 5.11 Å². The summed E-state index contributed by atoms with van der Waals surface area (Å²) in [6.07, 6.45) is -1.61. The van der Waals surface area contributed by atoms with E-state index in [2.05, 4.69) is 20.9 Å². The van der Waals surface area contributed by atoms with Crippen LogP contribution in [-0.4, -0.2) is 16.4 Å². The normalized spacial score (nSPS) is 10.6. The Kier molecular flexibility index (Phi) is 3.51. The number of rotatable bonds is 3. The fourth-order valence-corrected chi connectivity index (χ4v) is 1.65. The van der Waals surface area contributed by atoms with E-state index >= 15 is 0 Å². The van der Waals surface area contributed by atoms with Crippen molar-refractivity contribution in [2.24, 2.45) is 0 Å². The first-order chi connectivity index (χ1) is 6.61. The van der Waals surface area contributed by atoms with E-state index in [0.29, 0.717) is 6.29 Å². The average Bonchev–Trinajstić information content (AvgIpc) is 2.16. The van der Waals surface area contributed by atoms with Crippen LogP contribution in [-0.2, 0) is 5.33 Å². The average molecular weight is 266 g/mol. The first-order valence-electron chi connectivity index (χ1n) is 3.61. The minimum absolute atomic E-state index is 0.0231. The predicted octanol–water partition coefficient (Wildman–Crippen LogP) is 2.43. The van der Waals surface area contributed by atoms with Gasteiger partial charge in [0.05, 0.1) is 11.8 Å². The summed E-state index contributed by atoms with van der Waals surface area (Å²) in [5, 5.41) is 9.18. The maximum Gasteiger partial charge on any atom is 0.267 e. The zero-order valence-electron chi connectivity index (χ0n) is 6.88. The molecule has 0 aliphatic rings. The Hall–Kier alpha value is -1.04. The van der Waals surface area contributed by atoms with Gasteiger partial charge in [0.15, 0.2) is 6.29 Å². The van der Waals surface area contributed by atoms with Crippen molar-refractivity contribution in [2.45, 2.75) is 11.8 Å². The molecule has 0 spiro atoms. The van der Waals surface area contributed by atoms with Gasteiger partial charge in [-0.15, -0.1) is 0 Å². The standard InChI is InChI=1S/C8H6BrF2NO2/c9-1-4-5(3-13)12-2-6(14)7(4)8(10)11/h2-3,8,14H,1H2. The summed E-state index contributed by atoms with van der Waals surface area (Å²) in [4.78, 5) is 14.0. The van der Waals surface area contributed by atoms with Crippen LogP contribution in [0.25, 0.3) is 0 Å². The Morgan fingerprint density at radius 3 is 2.71 bits per heavy atom. The summed E-state index contributed by atoms with van der Waals surface area (Å²) >= 11 is 2.96. The number of carbonyl (C=O) groups excluding carboxylic acids is 1. The maximum atomic E-state index is 12.5. The number of aromatic hydroxyl groups is 1. The van der Waals surface area contributed by atoms with Crippen LogP contribution in [0.3, 0.4) is 0 Å². The second kappa shape index (κ2) is 4.45. The van der Waals surface area contributed by atoms with E-state index in [0.717, 1.165) is 6.20 Å². The quantitative estimate of drug-likeness (QED) is 0.675. The van der Waals surface area contributed by atoms with Crippen LogP contribution < -0.4 is 0 Å². The van der Waals surface area contributed by atoms with Gasteiger partial charge in [-0.3, -0.25) is 4.79 Å². The number of alkyl halides is 3. The van der Waals surface area contributed by atoms with E-state index < -0.39 is 17.7 Å². The molecule has 0 aliphatic carbocycles. The van der Waals surface area contributed by atoms with Crippen molar-refractivity contribution < 1.29 is 18.7 Å². The number of aromatic nitrogens is 1. The summed E-state index contributed by atoms with van der Waals surface area (Å²) in [6, 6.07) is 0. The van der Waals surface area contributed by atoms with Gasteiger partial charge in [0, 0.05) is 10.9 Å². The number of hydrogen-bond acceptors (Lipinski definition) is 3. The molecule has 0 aliphatic heterocycles. The highest BCUT2D eigenvalue weighted by Crippen LogP contribution is 2.32. The predicted molar refractivity (Wildman–Crippen MR) is 48.9 cm³/mol. The van der Waals surface area contributed by atoms with Crippen molar-refractivity contribution in [3.05, 3.63) is 23.0 Å². The lowest BCUT2D eigenvalue weighted by Gasteiger charge is -2.09. The van der Waals surface area contributed by atoms with E-state index in [-0.39, 0.29) is 16.6 Å². The third-order valence-corrected chi connectivity index (χ3v) is 2.26. The van der Waals surface area contributed by atoms with Gasteiger partial charge in [-0.2, -0.15) is 0 Å². The van der Waals surface area contributed by atoms with Crippen molar-refractivity contribution >= 4 is 22.2 Å². The van der Waals surface area contributed by atoms with Crippen molar-refractivity contribution in [1.29, 1.82) is 0 Å². The SMILES string of the molecule is O=Cc1ncc(O)c(C(F)F)c1CBr. The molecule has 0 saturated carbocycles. The first-order valence-corrected chi connectivity index (χ1v) is 4.74. The van der Waals surface area contributed by atoms with Crippen LogP contribution in [0.15, 0.2) is 6.20 Å². The fourth-order valence-electron chi connectivity index (χ4n) is 1.06. The zero-order valence-corrected chi connectivity index (χ0v) is 8.46. The molecule has 76 valence electrons. The van der Waals surface area contributed by atoms with Crippen LogP contribution in [0.4, 0.5) is 8.78 Å². The zero-order chi connectivity index (χ0) is 10.7. The lowest BCUT2D eigenvalue weighted by molar-refractivity contribution is 0.111. The van der Waals surface area contributed by atoms with Gasteiger partial charge >= 0.3 is 0 Å². The van der Waals surface area contributed by atoms with Crippen LogP contribution in [0.5, 0.6) is 5.75 Å². The smallest absolute Gasteiger partial charge is 0.267 e. The molecule has 1 aromatic heterocycles. The Balaban J connectivity index is 3.42. The number of nitrogens with zero attached hydrogens (tertiary/aromatic N) is 1. The summed E-state index contributed by atoms with van der Waals surface area (Å²) < 4.78 is 24.9. The molecular weight excluding hydrogens is 260 g/mol. The summed E-state index contributed by atoms with van der Waals surface area (Å²) in [6.45, 7) is 0. The molecule has 1 aromatic rings. The molecule has 0 bridgehead atoms. The molecular formula is C8H6BrF2NO2. The maximum absolute atomic E-state index is 12.5. The van der Waals surface area contributed by atoms with Crippen LogP contribution >= 0.6 is 15.9 Å². The van der Waals surface area contributed by atoms with Crippen molar-refractivity contribution in [3.63, 3.8) is 0 Å². The Morgan fingerprint density at radius 2 is 2.29 bits per heavy atom. The molecule has 0 radical (unpaired) electrons. The minimum atomic E-state index is -2.83. The van der Waals surface area contributed by atoms with Crippen molar-refractivity contribution in [1.82, 2.24) is 4.98 Å². The third kappa shape index (κ3) is 1.89. The van der Waals surface area contributed by atoms with Gasteiger partial charge in [-0.25, -0.2) is 13.8 Å². The Morgan fingerprint density at radius 1 is 1.64 bits per heavy atom. The van der Waals surface area contributed by atoms with Gasteiger partial charge in [0.1, 0.15) is 11.4 Å². The fraction of sp³-hybridized carbons (Fsp3) is 0.250. The van der Waals surface area contributed by atoms with Crippen molar-refractivity contribution in [2.75, 3.05) is 0 Å². The van der Waals surface area contributed by atoms with Gasteiger partial charge in [-0.05, 0) is 0 Å². The number of aldehydes is 1. The van der Waals surface area contributed by atoms with E-state index in [1.165, 1.54) is 0 Å². The number of hydrogen-bond donors (Lipinski definition) is 1. The highest BCUT2D eigenvalue weighted by Gasteiger charge is 2.20. The molecule has 0 saturated heterocycles. The molecule has 1 heterocycles. The second-order valence-corrected chi connectivity index (χ2v) is 3.03. The molecule has 0 aromatic carbocycles. The first kappa shape index (κ1) is 11.0. The van der Waals surface area contributed by atoms with Gasteiger partial charge in [0.2, 0.25) is 0 Å². The summed E-state index contributed by atoms with van der Waals surface area (Å²) in [5.41, 5.74) is -0.607. The van der Waals surface area contributed by atoms with E-state index in [9.17, 15) is 13.6 Å². The molecule has 1 N–H and O–H groups in total. The molecule has 0 unspecified atom stereocenters. The summed E-state index contributed by atoms with van der Waals surface area (Å²) in [7, 11) is 0. The molecule has 6 heteroatoms. The van der Waals surface area contributed by atoms with Crippen LogP contribution in [0.2, 0.25) is 0 Å². The Bertz CT molecular complexity index is 357. The number of pyridine rings is 1. The molecule has 0 atom stereocenters. The molecule has 0 amide bonds. The van der Waals surface area contributed by atoms with E-state index in [1.54, 1.807) is 0 Å². The molecule has 0 fully saturated rings. The lowest BCUT2D eigenvalue weighted by Crippen LogP contribution is -2.01. The van der Waals surface area contributed by atoms with Crippen molar-refractivity contribution in [3.8, 4) is 5.75 Å². The second-order valence-electron chi connectivity index (χ2n) is 2.47. The molecule has 14 heavy (non-hydrogen) atoms. The number of halogens is 3.